The summed E-state index contributed by atoms with van der Waals surface area (Å²) in [4.78, 5) is 35.5. The van der Waals surface area contributed by atoms with Crippen LogP contribution in [0.1, 0.15) is 20.8 Å². The van der Waals surface area contributed by atoms with Crippen LogP contribution in [0.2, 0.25) is 0 Å². The van der Waals surface area contributed by atoms with Gasteiger partial charge in [-0.15, -0.1) is 0 Å². The maximum absolute atomic E-state index is 11.8. The SMILES string of the molecule is COC(=O)[C@H]1CSC(=O)N1C(=O)OC(C)(C)C. The van der Waals surface area contributed by atoms with Gasteiger partial charge >= 0.3 is 12.1 Å². The molecule has 1 heterocycles. The quantitative estimate of drug-likeness (QED) is 0.668. The molecule has 96 valence electrons. The van der Waals surface area contributed by atoms with Crippen molar-refractivity contribution < 1.29 is 23.9 Å². The van der Waals surface area contributed by atoms with Gasteiger partial charge in [-0.2, -0.15) is 0 Å². The van der Waals surface area contributed by atoms with E-state index < -0.39 is 28.9 Å². The third-order valence-electron chi connectivity index (χ3n) is 1.94. The van der Waals surface area contributed by atoms with E-state index in [4.69, 9.17) is 4.74 Å². The van der Waals surface area contributed by atoms with E-state index in [-0.39, 0.29) is 5.75 Å². The molecule has 0 saturated carbocycles. The molecule has 0 N–H and O–H groups in total. The fourth-order valence-electron chi connectivity index (χ4n) is 1.24. The molecule has 1 aliphatic rings. The molecule has 1 saturated heterocycles. The van der Waals surface area contributed by atoms with Gasteiger partial charge in [-0.05, 0) is 20.8 Å². The van der Waals surface area contributed by atoms with Crippen molar-refractivity contribution in [1.82, 2.24) is 4.90 Å². The van der Waals surface area contributed by atoms with Crippen molar-refractivity contribution in [3.05, 3.63) is 0 Å². The normalized spacial score (nSPS) is 20.4. The zero-order valence-corrected chi connectivity index (χ0v) is 11.0. The lowest BCUT2D eigenvalue weighted by molar-refractivity contribution is -0.144. The van der Waals surface area contributed by atoms with Crippen LogP contribution < -0.4 is 0 Å². The van der Waals surface area contributed by atoms with Gasteiger partial charge in [0.05, 0.1) is 7.11 Å². The van der Waals surface area contributed by atoms with Crippen LogP contribution in [0, 0.1) is 0 Å². The molecule has 2 amide bonds. The van der Waals surface area contributed by atoms with Crippen molar-refractivity contribution >= 4 is 29.1 Å². The Balaban J connectivity index is 2.81. The fraction of sp³-hybridized carbons (Fsp3) is 0.700. The van der Waals surface area contributed by atoms with Crippen molar-refractivity contribution in [1.29, 1.82) is 0 Å². The standard InChI is InChI=1S/C10H15NO5S/c1-10(2,3)16-8(13)11-6(7(12)15-4)5-17-9(11)14/h6H,5H2,1-4H3/t6-/m1/s1. The van der Waals surface area contributed by atoms with Crippen LogP contribution in [0.25, 0.3) is 0 Å². The zero-order valence-electron chi connectivity index (χ0n) is 10.2. The molecule has 0 aromatic heterocycles. The average Bonchev–Trinajstić information content (AvgIpc) is 2.56. The Morgan fingerprint density at radius 1 is 1.41 bits per heavy atom. The van der Waals surface area contributed by atoms with Gasteiger partial charge in [-0.1, -0.05) is 11.8 Å². The molecule has 17 heavy (non-hydrogen) atoms. The summed E-state index contributed by atoms with van der Waals surface area (Å²) in [6.45, 7) is 5.06. The van der Waals surface area contributed by atoms with Crippen LogP contribution in [-0.2, 0) is 14.3 Å². The van der Waals surface area contributed by atoms with Crippen molar-refractivity contribution in [3.8, 4) is 0 Å². The van der Waals surface area contributed by atoms with Gasteiger partial charge in [0.25, 0.3) is 5.24 Å². The predicted molar refractivity (Wildman–Crippen MR) is 61.7 cm³/mol. The van der Waals surface area contributed by atoms with Crippen LogP contribution in [0.4, 0.5) is 9.59 Å². The summed E-state index contributed by atoms with van der Waals surface area (Å²) in [5, 5.41) is -0.491. The number of carbonyl (C=O) groups is 3. The summed E-state index contributed by atoms with van der Waals surface area (Å²) in [5.74, 6) is -0.417. The van der Waals surface area contributed by atoms with Crippen LogP contribution in [-0.4, -0.2) is 46.7 Å². The maximum Gasteiger partial charge on any atom is 0.418 e. The first-order chi connectivity index (χ1) is 7.76. The molecule has 0 aromatic carbocycles. The largest absolute Gasteiger partial charge is 0.467 e. The number of hydrogen-bond donors (Lipinski definition) is 0. The molecule has 1 aliphatic heterocycles. The highest BCUT2D eigenvalue weighted by atomic mass is 32.2. The van der Waals surface area contributed by atoms with E-state index in [1.807, 2.05) is 0 Å². The Kier molecular flexibility index (Phi) is 4.03. The monoisotopic (exact) mass is 261 g/mol. The van der Waals surface area contributed by atoms with Gasteiger partial charge in [0.2, 0.25) is 0 Å². The predicted octanol–water partition coefficient (Wildman–Crippen LogP) is 1.63. The number of rotatable bonds is 1. The van der Waals surface area contributed by atoms with Gasteiger partial charge in [-0.25, -0.2) is 14.5 Å². The lowest BCUT2D eigenvalue weighted by Crippen LogP contribution is -2.46. The van der Waals surface area contributed by atoms with E-state index in [0.29, 0.717) is 0 Å². The summed E-state index contributed by atoms with van der Waals surface area (Å²) in [7, 11) is 1.21. The second-order valence-electron chi connectivity index (χ2n) is 4.47. The minimum Gasteiger partial charge on any atom is -0.467 e. The number of carbonyl (C=O) groups excluding carboxylic acids is 3. The first kappa shape index (κ1) is 13.8. The van der Waals surface area contributed by atoms with Crippen molar-refractivity contribution in [2.45, 2.75) is 32.4 Å². The van der Waals surface area contributed by atoms with E-state index in [1.165, 1.54) is 7.11 Å². The number of thioether (sulfide) groups is 1. The van der Waals surface area contributed by atoms with Gasteiger partial charge in [0.1, 0.15) is 5.60 Å². The highest BCUT2D eigenvalue weighted by Crippen LogP contribution is 2.26. The fourth-order valence-corrected chi connectivity index (χ4v) is 2.17. The second-order valence-corrected chi connectivity index (χ2v) is 5.44. The molecule has 0 bridgehead atoms. The molecule has 6 nitrogen and oxygen atoms in total. The summed E-state index contributed by atoms with van der Waals surface area (Å²) in [5.41, 5.74) is -0.717. The topological polar surface area (TPSA) is 72.9 Å². The zero-order chi connectivity index (χ0) is 13.2. The molecular weight excluding hydrogens is 246 g/mol. The number of methoxy groups -OCH3 is 1. The first-order valence-electron chi connectivity index (χ1n) is 5.03. The van der Waals surface area contributed by atoms with E-state index in [9.17, 15) is 14.4 Å². The van der Waals surface area contributed by atoms with Crippen LogP contribution in [0.15, 0.2) is 0 Å². The molecule has 0 radical (unpaired) electrons. The number of esters is 1. The summed E-state index contributed by atoms with van der Waals surface area (Å²) < 4.78 is 9.60. The summed E-state index contributed by atoms with van der Waals surface area (Å²) >= 11 is 0.897. The number of hydrogen-bond acceptors (Lipinski definition) is 6. The van der Waals surface area contributed by atoms with E-state index in [0.717, 1.165) is 16.7 Å². The number of imide groups is 1. The third-order valence-corrected chi connectivity index (χ3v) is 2.86. The maximum atomic E-state index is 11.8. The Morgan fingerprint density at radius 3 is 2.47 bits per heavy atom. The second kappa shape index (κ2) is 4.95. The lowest BCUT2D eigenvalue weighted by Gasteiger charge is -2.25. The highest BCUT2D eigenvalue weighted by molar-refractivity contribution is 8.14. The van der Waals surface area contributed by atoms with Crippen LogP contribution >= 0.6 is 11.8 Å². The number of ether oxygens (including phenoxy) is 2. The van der Waals surface area contributed by atoms with Gasteiger partial charge < -0.3 is 9.47 Å². The third kappa shape index (κ3) is 3.36. The van der Waals surface area contributed by atoms with Crippen molar-refractivity contribution in [3.63, 3.8) is 0 Å². The van der Waals surface area contributed by atoms with Gasteiger partial charge in [-0.3, -0.25) is 4.79 Å². The molecule has 0 unspecified atom stereocenters. The molecule has 1 rings (SSSR count). The van der Waals surface area contributed by atoms with Crippen LogP contribution in [0.5, 0.6) is 0 Å². The first-order valence-corrected chi connectivity index (χ1v) is 6.01. The van der Waals surface area contributed by atoms with Crippen molar-refractivity contribution in [2.24, 2.45) is 0 Å². The minimum atomic E-state index is -0.896. The van der Waals surface area contributed by atoms with Crippen molar-refractivity contribution in [2.75, 3.05) is 12.9 Å². The Hall–Kier alpha value is -1.24. The summed E-state index contributed by atoms with van der Waals surface area (Å²) in [6, 6.07) is -0.896. The van der Waals surface area contributed by atoms with E-state index in [2.05, 4.69) is 4.74 Å². The molecular formula is C10H15NO5S. The van der Waals surface area contributed by atoms with Gasteiger partial charge in [0.15, 0.2) is 6.04 Å². The lowest BCUT2D eigenvalue weighted by atomic mass is 10.2. The molecule has 1 fully saturated rings. The van der Waals surface area contributed by atoms with Crippen LogP contribution in [0.3, 0.4) is 0 Å². The average molecular weight is 261 g/mol. The molecule has 7 heteroatoms. The Bertz CT molecular complexity index is 349. The van der Waals surface area contributed by atoms with Gasteiger partial charge in [0, 0.05) is 5.75 Å². The minimum absolute atomic E-state index is 0.199. The highest BCUT2D eigenvalue weighted by Gasteiger charge is 2.43. The molecule has 0 aliphatic carbocycles. The van der Waals surface area contributed by atoms with E-state index >= 15 is 0 Å². The Morgan fingerprint density at radius 2 is 2.00 bits per heavy atom. The molecule has 0 aromatic rings. The molecule has 0 spiro atoms. The summed E-state index contributed by atoms with van der Waals surface area (Å²) in [6.07, 6.45) is -0.817. The molecule has 1 atom stereocenters. The smallest absolute Gasteiger partial charge is 0.418 e. The number of nitrogens with zero attached hydrogens (tertiary/aromatic N) is 1. The van der Waals surface area contributed by atoms with E-state index in [1.54, 1.807) is 20.8 Å². The Labute approximate surface area is 104 Å². The number of amides is 2.